The van der Waals surface area contributed by atoms with E-state index in [1.807, 2.05) is 31.2 Å². The van der Waals surface area contributed by atoms with Gasteiger partial charge >= 0.3 is 5.97 Å². The molecule has 0 aliphatic heterocycles. The van der Waals surface area contributed by atoms with Crippen LogP contribution in [-0.2, 0) is 27.2 Å². The number of carbonyl (C=O) groups is 2. The third-order valence-corrected chi connectivity index (χ3v) is 4.64. The lowest BCUT2D eigenvalue weighted by Crippen LogP contribution is -2.37. The highest BCUT2D eigenvalue weighted by Gasteiger charge is 2.18. The largest absolute Gasteiger partial charge is 0.494 e. The van der Waals surface area contributed by atoms with Crippen molar-refractivity contribution in [3.8, 4) is 11.5 Å². The standard InChI is InChI=1S/C24H31NO6/c1-4-29-21-9-7-6-8-19(21)14-15-25-23(26)17(3)31-20-12-10-18(11-13-20)16-22(24(27)28)30-5-2/h6-13,17,22H,4-5,14-16H2,1-3H3,(H,25,26)(H,27,28)/t17?,22-/m1/s1. The zero-order chi connectivity index (χ0) is 22.6. The lowest BCUT2D eigenvalue weighted by Gasteiger charge is -2.16. The highest BCUT2D eigenvalue weighted by molar-refractivity contribution is 5.80. The fourth-order valence-electron chi connectivity index (χ4n) is 3.07. The SMILES string of the molecule is CCOc1ccccc1CCNC(=O)C(C)Oc1ccc(C[C@@H](OCC)C(=O)O)cc1. The van der Waals surface area contributed by atoms with E-state index in [1.54, 1.807) is 38.1 Å². The predicted octanol–water partition coefficient (Wildman–Crippen LogP) is 3.24. The van der Waals surface area contributed by atoms with Gasteiger partial charge in [0.25, 0.3) is 5.91 Å². The first kappa shape index (κ1) is 24.2. The first-order valence-corrected chi connectivity index (χ1v) is 10.5. The second-order valence-electron chi connectivity index (χ2n) is 6.97. The molecule has 7 heteroatoms. The molecule has 0 spiro atoms. The summed E-state index contributed by atoms with van der Waals surface area (Å²) in [6, 6.07) is 14.8. The fourth-order valence-corrected chi connectivity index (χ4v) is 3.07. The fraction of sp³-hybridized carbons (Fsp3) is 0.417. The normalized spacial score (nSPS) is 12.6. The molecular weight excluding hydrogens is 398 g/mol. The number of carbonyl (C=O) groups excluding carboxylic acids is 1. The second kappa shape index (κ2) is 12.6. The van der Waals surface area contributed by atoms with Gasteiger partial charge in [0.05, 0.1) is 6.61 Å². The van der Waals surface area contributed by atoms with Crippen LogP contribution in [0.1, 0.15) is 31.9 Å². The molecule has 0 fully saturated rings. The Labute approximate surface area is 183 Å². The number of ether oxygens (including phenoxy) is 3. The van der Waals surface area contributed by atoms with Crippen LogP contribution in [0.4, 0.5) is 0 Å². The summed E-state index contributed by atoms with van der Waals surface area (Å²) in [7, 11) is 0. The number of rotatable bonds is 13. The summed E-state index contributed by atoms with van der Waals surface area (Å²) < 4.78 is 16.5. The average Bonchev–Trinajstić information content (AvgIpc) is 2.76. The van der Waals surface area contributed by atoms with E-state index in [1.165, 1.54) is 0 Å². The molecule has 7 nitrogen and oxygen atoms in total. The Kier molecular flexibility index (Phi) is 9.84. The van der Waals surface area contributed by atoms with Crippen molar-refractivity contribution in [2.45, 2.75) is 45.8 Å². The highest BCUT2D eigenvalue weighted by Crippen LogP contribution is 2.18. The van der Waals surface area contributed by atoms with E-state index in [4.69, 9.17) is 14.2 Å². The van der Waals surface area contributed by atoms with Gasteiger partial charge in [-0.1, -0.05) is 30.3 Å². The predicted molar refractivity (Wildman–Crippen MR) is 118 cm³/mol. The zero-order valence-electron chi connectivity index (χ0n) is 18.3. The van der Waals surface area contributed by atoms with E-state index < -0.39 is 18.2 Å². The minimum atomic E-state index is -0.989. The van der Waals surface area contributed by atoms with E-state index in [9.17, 15) is 14.7 Å². The molecule has 31 heavy (non-hydrogen) atoms. The van der Waals surface area contributed by atoms with E-state index in [0.29, 0.717) is 31.9 Å². The van der Waals surface area contributed by atoms with Crippen LogP contribution in [0, 0.1) is 0 Å². The van der Waals surface area contributed by atoms with Crippen molar-refractivity contribution in [2.24, 2.45) is 0 Å². The Bertz CT molecular complexity index is 836. The van der Waals surface area contributed by atoms with Gasteiger partial charge in [0.2, 0.25) is 0 Å². The summed E-state index contributed by atoms with van der Waals surface area (Å²) in [5.74, 6) is 0.172. The lowest BCUT2D eigenvalue weighted by molar-refractivity contribution is -0.150. The molecule has 2 atom stereocenters. The summed E-state index contributed by atoms with van der Waals surface area (Å²) in [5, 5.41) is 12.1. The first-order valence-electron chi connectivity index (χ1n) is 10.5. The molecule has 168 valence electrons. The second-order valence-corrected chi connectivity index (χ2v) is 6.97. The Morgan fingerprint density at radius 2 is 1.74 bits per heavy atom. The van der Waals surface area contributed by atoms with Crippen molar-refractivity contribution >= 4 is 11.9 Å². The van der Waals surface area contributed by atoms with Crippen LogP contribution < -0.4 is 14.8 Å². The Morgan fingerprint density at radius 3 is 2.39 bits per heavy atom. The first-order chi connectivity index (χ1) is 14.9. The van der Waals surface area contributed by atoms with Crippen LogP contribution >= 0.6 is 0 Å². The van der Waals surface area contributed by atoms with E-state index in [-0.39, 0.29) is 12.3 Å². The van der Waals surface area contributed by atoms with Crippen molar-refractivity contribution < 1.29 is 28.9 Å². The third-order valence-electron chi connectivity index (χ3n) is 4.64. The van der Waals surface area contributed by atoms with Gasteiger partial charge in [0, 0.05) is 19.6 Å². The number of amides is 1. The number of nitrogens with one attached hydrogen (secondary N) is 1. The van der Waals surface area contributed by atoms with Crippen LogP contribution in [0.5, 0.6) is 11.5 Å². The average molecular weight is 430 g/mol. The zero-order valence-corrected chi connectivity index (χ0v) is 18.3. The molecule has 0 saturated carbocycles. The molecule has 1 amide bonds. The number of hydrogen-bond acceptors (Lipinski definition) is 5. The number of carboxylic acid groups (broad SMARTS) is 1. The minimum absolute atomic E-state index is 0.208. The topological polar surface area (TPSA) is 94.1 Å². The maximum atomic E-state index is 12.4. The van der Waals surface area contributed by atoms with Crippen LogP contribution in [-0.4, -0.2) is 48.9 Å². The molecule has 2 aromatic rings. The summed E-state index contributed by atoms with van der Waals surface area (Å²) in [5.41, 5.74) is 1.86. The monoisotopic (exact) mass is 429 g/mol. The Hall–Kier alpha value is -3.06. The molecule has 0 aliphatic carbocycles. The summed E-state index contributed by atoms with van der Waals surface area (Å²) in [4.78, 5) is 23.6. The smallest absolute Gasteiger partial charge is 0.333 e. The van der Waals surface area contributed by atoms with Crippen molar-refractivity contribution in [2.75, 3.05) is 19.8 Å². The Balaban J connectivity index is 1.82. The minimum Gasteiger partial charge on any atom is -0.494 e. The lowest BCUT2D eigenvalue weighted by atomic mass is 10.1. The number of aliphatic carboxylic acids is 1. The molecule has 1 unspecified atom stereocenters. The van der Waals surface area contributed by atoms with E-state index in [0.717, 1.165) is 16.9 Å². The number of hydrogen-bond donors (Lipinski definition) is 2. The molecule has 0 aromatic heterocycles. The number of carboxylic acids is 1. The molecule has 2 rings (SSSR count). The maximum Gasteiger partial charge on any atom is 0.333 e. The highest BCUT2D eigenvalue weighted by atomic mass is 16.5. The van der Waals surface area contributed by atoms with Crippen molar-refractivity contribution in [1.82, 2.24) is 5.32 Å². The van der Waals surface area contributed by atoms with Gasteiger partial charge in [0.1, 0.15) is 11.5 Å². The van der Waals surface area contributed by atoms with E-state index >= 15 is 0 Å². The van der Waals surface area contributed by atoms with Crippen LogP contribution in [0.25, 0.3) is 0 Å². The van der Waals surface area contributed by atoms with Crippen LogP contribution in [0.2, 0.25) is 0 Å². The van der Waals surface area contributed by atoms with Gasteiger partial charge in [-0.05, 0) is 56.5 Å². The van der Waals surface area contributed by atoms with Gasteiger partial charge in [-0.15, -0.1) is 0 Å². The molecule has 2 N–H and O–H groups in total. The van der Waals surface area contributed by atoms with Crippen LogP contribution in [0.3, 0.4) is 0 Å². The molecule has 0 aliphatic rings. The molecule has 2 aromatic carbocycles. The number of benzene rings is 2. The van der Waals surface area contributed by atoms with Gasteiger partial charge in [-0.3, -0.25) is 4.79 Å². The van der Waals surface area contributed by atoms with Gasteiger partial charge in [-0.2, -0.15) is 0 Å². The van der Waals surface area contributed by atoms with Crippen molar-refractivity contribution in [1.29, 1.82) is 0 Å². The van der Waals surface area contributed by atoms with Gasteiger partial charge in [0.15, 0.2) is 12.2 Å². The Morgan fingerprint density at radius 1 is 1.03 bits per heavy atom. The van der Waals surface area contributed by atoms with Crippen molar-refractivity contribution in [3.05, 3.63) is 59.7 Å². The van der Waals surface area contributed by atoms with E-state index in [2.05, 4.69) is 5.32 Å². The summed E-state index contributed by atoms with van der Waals surface area (Å²) >= 11 is 0. The van der Waals surface area contributed by atoms with Crippen molar-refractivity contribution in [3.63, 3.8) is 0 Å². The molecule has 0 heterocycles. The molecule has 0 saturated heterocycles. The molecular formula is C24H31NO6. The number of para-hydroxylation sites is 1. The quantitative estimate of drug-likeness (QED) is 0.508. The van der Waals surface area contributed by atoms with Gasteiger partial charge in [-0.25, -0.2) is 4.79 Å². The molecule has 0 radical (unpaired) electrons. The van der Waals surface area contributed by atoms with Gasteiger partial charge < -0.3 is 24.6 Å². The summed E-state index contributed by atoms with van der Waals surface area (Å²) in [6.07, 6.45) is -0.617. The summed E-state index contributed by atoms with van der Waals surface area (Å²) in [6.45, 7) is 6.79. The maximum absolute atomic E-state index is 12.4. The third kappa shape index (κ3) is 7.94. The molecule has 0 bridgehead atoms. The van der Waals surface area contributed by atoms with Crippen LogP contribution in [0.15, 0.2) is 48.5 Å².